The minimum Gasteiger partial charge on any atom is -0.420 e. The van der Waals surface area contributed by atoms with Gasteiger partial charge in [0.25, 0.3) is 0 Å². The Morgan fingerprint density at radius 3 is 0.917 bits per heavy atom. The molecular formula is C75H128B3N7O32WY3-4. The molecule has 14 fully saturated rings. The van der Waals surface area contributed by atoms with Crippen molar-refractivity contribution in [1.82, 2.24) is 0 Å². The van der Waals surface area contributed by atoms with Gasteiger partial charge in [-0.3, -0.25) is 24.2 Å². The summed E-state index contributed by atoms with van der Waals surface area (Å²) in [4.78, 5) is 0. The molecule has 46 heteroatoms. The summed E-state index contributed by atoms with van der Waals surface area (Å²) in [5.74, 6) is -1.03. The summed E-state index contributed by atoms with van der Waals surface area (Å²) in [7, 11) is 18.9. The summed E-state index contributed by atoms with van der Waals surface area (Å²) in [5.41, 5.74) is 42.8. The SMILES string of the molecule is [2H]C[C@@H]1[CH-]C(O)[C@H](O[C@@H]2C(O)[C@H](C)CC(N)[C@H]2O[C@H]2OC3[C-](C)C(C)O[C@H]3[C@H](O)C2[B])O1.[2H]C[C@H]1O[C@@H](O[C@@H]2C(O)[C@H](C)CC(N)[C@H]2O[C@H]2OC3[C-](C)C(C)O[C@H]3[C@H](O)C2[B])C(O)[C@H]1O[C@H]1OC(CN)[C@@H](O)C(O)C1N.[2H]C[C@H]1O[C@@H](O[C@@H]2C(O)[C@H](C)CC(N)[C@H]2O[C@H]2OC3[C-](C)C(C)O[C@H]3[C@H](O)C2[B])C(O)[C@H]1O[C@H]1O[C@@H](CN)[C@@H](O)C(O)C1N.[W].[Y].[Y].[Y]. The summed E-state index contributed by atoms with van der Waals surface area (Å²) >= 11 is 0. The van der Waals surface area contributed by atoms with E-state index >= 15 is 0 Å². The molecule has 27 N–H and O–H groups in total. The van der Waals surface area contributed by atoms with Gasteiger partial charge in [0.05, 0.1) is 103 Å². The van der Waals surface area contributed by atoms with Gasteiger partial charge in [-0.15, -0.1) is 0 Å². The zero-order valence-corrected chi connectivity index (χ0v) is 80.8. The van der Waals surface area contributed by atoms with Crippen LogP contribution in [0.2, 0.25) is 17.5 Å². The molecule has 3 aliphatic carbocycles. The average Bonchev–Trinajstić information content (AvgIpc) is 1.62. The average molecular weight is 2130 g/mol. The smallest absolute Gasteiger partial charge is 0.187 e. The molecule has 11 heterocycles. The molecular weight excluding hydrogens is 1990 g/mol. The van der Waals surface area contributed by atoms with Crippen LogP contribution >= 0.6 is 0 Å². The summed E-state index contributed by atoms with van der Waals surface area (Å²) in [5, 5.41) is 140. The molecule has 0 amide bonds. The number of aliphatic hydroxyl groups excluding tert-OH is 13. The van der Waals surface area contributed by atoms with Gasteiger partial charge in [-0.1, -0.05) is 72.9 Å². The normalized spacial score (nSPS) is 54.7. The Morgan fingerprint density at radius 2 is 0.636 bits per heavy atom. The van der Waals surface area contributed by atoms with Gasteiger partial charge in [-0.25, -0.2) is 0 Å². The Labute approximate surface area is 805 Å². The van der Waals surface area contributed by atoms with E-state index in [0.717, 1.165) is 17.8 Å². The second-order valence-corrected chi connectivity index (χ2v) is 34.3. The van der Waals surface area contributed by atoms with E-state index in [-0.39, 0.29) is 189 Å². The number of rotatable bonds is 18. The molecule has 9 radical (unpaired) electrons. The predicted molar refractivity (Wildman–Crippen MR) is 405 cm³/mol. The minimum absolute atomic E-state index is 0. The van der Waals surface area contributed by atoms with Gasteiger partial charge >= 0.3 is 0 Å². The van der Waals surface area contributed by atoms with Crippen molar-refractivity contribution in [2.24, 2.45) is 57.9 Å². The second kappa shape index (κ2) is 46.0. The van der Waals surface area contributed by atoms with E-state index in [1.54, 1.807) is 13.8 Å². The quantitative estimate of drug-likeness (QED) is 0.0448. The Kier molecular flexibility index (Phi) is 39.6. The molecule has 0 bridgehead atoms. The molecule has 121 heavy (non-hydrogen) atoms. The van der Waals surface area contributed by atoms with E-state index in [1.165, 1.54) is 6.42 Å². The zero-order valence-electron chi connectivity index (χ0n) is 72.4. The van der Waals surface area contributed by atoms with Gasteiger partial charge in [-0.05, 0) is 75.2 Å². The first kappa shape index (κ1) is 104. The van der Waals surface area contributed by atoms with Gasteiger partial charge in [0.2, 0.25) is 0 Å². The van der Waals surface area contributed by atoms with Crippen molar-refractivity contribution < 1.29 is 280 Å². The van der Waals surface area contributed by atoms with Crippen LogP contribution in [0.15, 0.2) is 0 Å². The number of hydrogen-bond donors (Lipinski definition) is 20. The van der Waals surface area contributed by atoms with Gasteiger partial charge in [0.1, 0.15) is 97.7 Å². The number of aliphatic hydroxyl groups is 13. The molecule has 14 rings (SSSR count). The molecule has 11 aliphatic heterocycles. The van der Waals surface area contributed by atoms with Crippen LogP contribution in [0.3, 0.4) is 0 Å². The van der Waals surface area contributed by atoms with Crippen molar-refractivity contribution in [3.63, 3.8) is 0 Å². The number of nitrogens with two attached hydrogens (primary N) is 7. The maximum absolute atomic E-state index is 11.3. The first-order valence-corrected chi connectivity index (χ1v) is 40.6. The molecule has 14 aliphatic rings. The Hall–Kier alpha value is 2.63. The fourth-order valence-corrected chi connectivity index (χ4v) is 18.1. The summed E-state index contributed by atoms with van der Waals surface area (Å²) < 4.78 is 137. The maximum atomic E-state index is 11.3. The van der Waals surface area contributed by atoms with E-state index in [9.17, 15) is 66.4 Å². The second-order valence-electron chi connectivity index (χ2n) is 34.3. The van der Waals surface area contributed by atoms with Crippen molar-refractivity contribution in [3.8, 4) is 0 Å². The monoisotopic (exact) mass is 2130 g/mol. The Balaban J connectivity index is 0.000000230. The largest absolute Gasteiger partial charge is 0.420 e. The van der Waals surface area contributed by atoms with Crippen LogP contribution in [-0.4, -0.2) is 397 Å². The maximum Gasteiger partial charge on any atom is 0.187 e. The third-order valence-corrected chi connectivity index (χ3v) is 26.0. The van der Waals surface area contributed by atoms with Gasteiger partial charge in [-0.2, -0.15) is 20.8 Å². The summed E-state index contributed by atoms with van der Waals surface area (Å²) in [6, 6.07) is -4.19. The van der Waals surface area contributed by atoms with E-state index in [1.807, 2.05) is 48.5 Å². The molecule has 683 valence electrons. The predicted octanol–water partition coefficient (Wildman–Crippen LogP) is -8.52. The van der Waals surface area contributed by atoms with Crippen LogP contribution in [-0.2, 0) is 209 Å². The molecule has 0 aromatic rings. The van der Waals surface area contributed by atoms with Gasteiger partial charge < -0.3 is 197 Å². The van der Waals surface area contributed by atoms with Crippen molar-refractivity contribution in [2.45, 2.75) is 414 Å². The third kappa shape index (κ3) is 23.0. The van der Waals surface area contributed by atoms with E-state index in [2.05, 4.69) is 0 Å². The van der Waals surface area contributed by atoms with Crippen molar-refractivity contribution in [3.05, 3.63) is 24.2 Å². The molecule has 0 aromatic heterocycles. The first-order valence-electron chi connectivity index (χ1n) is 42.8. The zero-order chi connectivity index (χ0) is 87.7. The van der Waals surface area contributed by atoms with E-state index < -0.39 is 293 Å². The molecule has 0 spiro atoms. The molecule has 54 atom stereocenters. The number of ether oxygens (including phenoxy) is 19. The van der Waals surface area contributed by atoms with Crippen LogP contribution in [0.4, 0.5) is 0 Å². The van der Waals surface area contributed by atoms with Crippen LogP contribution < -0.4 is 40.1 Å². The summed E-state index contributed by atoms with van der Waals surface area (Å²) in [6.07, 6.45) is -39.9. The number of fused-ring (bicyclic) bond motifs is 3. The molecule has 39 nitrogen and oxygen atoms in total. The van der Waals surface area contributed by atoms with Crippen LogP contribution in [0.5, 0.6) is 0 Å². The van der Waals surface area contributed by atoms with Crippen molar-refractivity contribution >= 4 is 23.5 Å². The minimum atomic E-state index is -1.49. The Morgan fingerprint density at radius 1 is 0.347 bits per heavy atom. The van der Waals surface area contributed by atoms with Gasteiger partial charge in [0, 0.05) is 172 Å². The fraction of sp³-hybridized carbons (Fsp3) is 0.947. The third-order valence-electron chi connectivity index (χ3n) is 26.0. The van der Waals surface area contributed by atoms with Crippen molar-refractivity contribution in [1.29, 1.82) is 0 Å². The molecule has 3 saturated carbocycles. The molecule has 11 saturated heterocycles. The van der Waals surface area contributed by atoms with Crippen LogP contribution in [0, 0.1) is 41.9 Å². The van der Waals surface area contributed by atoms with E-state index in [0.29, 0.717) is 19.3 Å². The van der Waals surface area contributed by atoms with Crippen LogP contribution in [0.25, 0.3) is 0 Å². The van der Waals surface area contributed by atoms with Crippen molar-refractivity contribution in [2.75, 3.05) is 13.1 Å². The first-order chi connectivity index (χ1) is 56.7. The fourth-order valence-electron chi connectivity index (χ4n) is 18.1. The van der Waals surface area contributed by atoms with E-state index in [4.69, 9.17) is 158 Å². The molecule has 0 aromatic carbocycles. The molecule has 23 unspecified atom stereocenters. The number of hydrogen-bond acceptors (Lipinski definition) is 39. The van der Waals surface area contributed by atoms with Gasteiger partial charge in [0.15, 0.2) is 50.3 Å². The standard InChI is InChI=1S/2C27H47BN3O12.C21H34BNO8.W.3Y/c2*1-7-5-11(30)22(42-25-13(28)17(34)24-20(40-25)8(2)9(3)37-24)23(15(7)32)43-27-19(36)21(10(4)38-27)41-26-14(31)18(35)16(33)12(6-29)39-26;1-7-5-11(23)17(18(14(7)25)31-20-12(24)6-8(2)27-20)30-21-13(22)15(26)19-16(29-21)9(3)10(4)28-19;;;;/h2*7,9-27,32-36H,5-6,29-31H2,1-4H3;6-8,10-21,24-26H,5,23H2,1-4H3;;;;/q2*-1;-2;;;;/t7-,9?,10-,11?,12?,13?,14?,15?,16-,17-,18?,19?,20?,21+,22-,23-,24+,25-,26-,27+;7-,9?,10-,11?,12+,13?,14?,15?,16-,17-,18?,19?,20?,21+,22-,23-,24+,25-,26-,27+;7-,8-,10?,11?,12?,13?,14?,15-,16?,17-,18-,19+,20+,21-;;;;/m111..../s1/i2*4D;2D;;;;. The van der Waals surface area contributed by atoms with Crippen LogP contribution in [0.1, 0.15) is 106 Å². The summed E-state index contributed by atoms with van der Waals surface area (Å²) in [6.45, 7) is 15.7. The Bertz CT molecular complexity index is 3090. The topological polar surface area (TPSA) is 621 Å².